The van der Waals surface area contributed by atoms with Crippen molar-refractivity contribution in [1.29, 1.82) is 0 Å². The molecule has 8 nitrogen and oxygen atoms in total. The summed E-state index contributed by atoms with van der Waals surface area (Å²) in [7, 11) is 0.560. The van der Waals surface area contributed by atoms with E-state index in [1.807, 2.05) is 12.1 Å². The second-order valence-corrected chi connectivity index (χ2v) is 9.57. The molecule has 9 heteroatoms. The van der Waals surface area contributed by atoms with Crippen molar-refractivity contribution in [2.75, 3.05) is 6.54 Å². The Kier molecular flexibility index (Phi) is 3.62. The Labute approximate surface area is 164 Å². The van der Waals surface area contributed by atoms with E-state index in [2.05, 4.69) is 57.2 Å². The van der Waals surface area contributed by atoms with Gasteiger partial charge in [-0.3, -0.25) is 0 Å². The lowest BCUT2D eigenvalue weighted by Gasteiger charge is -2.28. The highest BCUT2D eigenvalue weighted by Gasteiger charge is 2.62. The molecular weight excluding hydrogens is 376 g/mol. The monoisotopic (exact) mass is 401 g/mol. The average Bonchev–Trinajstić information content (AvgIpc) is 3.34. The van der Waals surface area contributed by atoms with Crippen molar-refractivity contribution in [3.8, 4) is 0 Å². The third kappa shape index (κ3) is 2.47. The first-order valence-corrected chi connectivity index (χ1v) is 10.9. The highest BCUT2D eigenvalue weighted by atomic mass is 32.2. The summed E-state index contributed by atoms with van der Waals surface area (Å²) < 4.78 is 33.1. The Morgan fingerprint density at radius 3 is 2.07 bits per heavy atom. The molecule has 1 aromatic carbocycles. The van der Waals surface area contributed by atoms with Crippen molar-refractivity contribution < 1.29 is 22.0 Å². The van der Waals surface area contributed by atoms with Crippen LogP contribution in [0.4, 0.5) is 0 Å². The standard InChI is InChI=1S/C19H25N6O2S/c1-21-8-10-23-17(21)13-25(14-18-22(2)9-11-24(18)19(23)25)12-7-15-3-5-16(6-4-15)28(20,26)27/h3-6,8-11,19H,7,12-14H2,1-2H3,(H2,20,26,27)/q+3. The van der Waals surface area contributed by atoms with Crippen LogP contribution >= 0.6 is 0 Å². The molecule has 28 heavy (non-hydrogen) atoms. The summed E-state index contributed by atoms with van der Waals surface area (Å²) in [6.07, 6.45) is 9.71. The molecule has 2 aliphatic rings. The average molecular weight is 402 g/mol. The molecular formula is C19H25N6O2S+3. The molecule has 4 heterocycles. The van der Waals surface area contributed by atoms with Crippen LogP contribution in [0, 0.1) is 0 Å². The van der Waals surface area contributed by atoms with Crippen LogP contribution in [0.1, 0.15) is 23.5 Å². The van der Waals surface area contributed by atoms with E-state index in [1.54, 1.807) is 12.1 Å². The van der Waals surface area contributed by atoms with Gasteiger partial charge in [-0.1, -0.05) is 12.1 Å². The summed E-state index contributed by atoms with van der Waals surface area (Å²) in [5, 5.41) is 5.21. The van der Waals surface area contributed by atoms with Crippen molar-refractivity contribution in [1.82, 2.24) is 9.13 Å². The Morgan fingerprint density at radius 1 is 1.04 bits per heavy atom. The molecule has 0 saturated carbocycles. The zero-order chi connectivity index (χ0) is 19.7. The molecule has 3 aromatic rings. The van der Waals surface area contributed by atoms with E-state index in [9.17, 15) is 8.42 Å². The van der Waals surface area contributed by atoms with Gasteiger partial charge in [0.25, 0.3) is 0 Å². The number of hydrogen-bond donors (Lipinski definition) is 1. The van der Waals surface area contributed by atoms with Gasteiger partial charge in [-0.25, -0.2) is 27.2 Å². The predicted molar refractivity (Wildman–Crippen MR) is 99.7 cm³/mol. The molecule has 0 amide bonds. The van der Waals surface area contributed by atoms with Gasteiger partial charge >= 0.3 is 17.9 Å². The number of aromatic nitrogens is 4. The first-order valence-electron chi connectivity index (χ1n) is 9.37. The van der Waals surface area contributed by atoms with Crippen molar-refractivity contribution in [2.45, 2.75) is 30.7 Å². The Morgan fingerprint density at radius 2 is 1.57 bits per heavy atom. The lowest BCUT2D eigenvalue weighted by atomic mass is 10.1. The fraction of sp³-hybridized carbons (Fsp3) is 0.368. The van der Waals surface area contributed by atoms with E-state index in [-0.39, 0.29) is 11.2 Å². The second-order valence-electron chi connectivity index (χ2n) is 8.01. The van der Waals surface area contributed by atoms with Gasteiger partial charge in [0.15, 0.2) is 13.1 Å². The van der Waals surface area contributed by atoms with Gasteiger partial charge in [0.1, 0.15) is 24.8 Å². The van der Waals surface area contributed by atoms with Crippen molar-refractivity contribution >= 4 is 10.0 Å². The van der Waals surface area contributed by atoms with Crippen LogP contribution in [0.5, 0.6) is 0 Å². The minimum absolute atomic E-state index is 0.162. The number of nitrogens with two attached hydrogens (primary N) is 1. The van der Waals surface area contributed by atoms with E-state index in [4.69, 9.17) is 5.14 Å². The second kappa shape index (κ2) is 5.76. The quantitative estimate of drug-likeness (QED) is 0.480. The van der Waals surface area contributed by atoms with E-state index in [0.29, 0.717) is 0 Å². The van der Waals surface area contributed by atoms with Gasteiger partial charge in [-0.05, 0) is 17.7 Å². The molecule has 0 unspecified atom stereocenters. The Hall–Kier alpha value is -2.49. The first kappa shape index (κ1) is 17.6. The molecule has 0 fully saturated rings. The third-order valence-electron chi connectivity index (χ3n) is 6.31. The highest BCUT2D eigenvalue weighted by molar-refractivity contribution is 7.89. The number of imidazole rings is 2. The molecule has 0 spiro atoms. The first-order chi connectivity index (χ1) is 13.3. The van der Waals surface area contributed by atoms with Crippen LogP contribution in [0.15, 0.2) is 53.9 Å². The number of sulfonamides is 1. The van der Waals surface area contributed by atoms with Gasteiger partial charge in [-0.2, -0.15) is 0 Å². The molecule has 146 valence electrons. The van der Waals surface area contributed by atoms with E-state index in [1.165, 1.54) is 11.6 Å². The number of nitrogens with zero attached hydrogens (tertiary/aromatic N) is 5. The van der Waals surface area contributed by atoms with E-state index in [0.717, 1.165) is 36.1 Å². The number of aryl methyl sites for hydroxylation is 2. The van der Waals surface area contributed by atoms with Crippen molar-refractivity contribution in [3.05, 3.63) is 66.3 Å². The molecule has 2 N–H and O–H groups in total. The van der Waals surface area contributed by atoms with Crippen LogP contribution in [0.3, 0.4) is 0 Å². The molecule has 2 aromatic heterocycles. The Bertz CT molecular complexity index is 1130. The number of benzene rings is 1. The van der Waals surface area contributed by atoms with Crippen LogP contribution in [-0.4, -0.2) is 28.6 Å². The lowest BCUT2D eigenvalue weighted by molar-refractivity contribution is -0.981. The molecule has 0 saturated heterocycles. The maximum absolute atomic E-state index is 11.5. The Balaban J connectivity index is 1.46. The highest BCUT2D eigenvalue weighted by Crippen LogP contribution is 2.42. The van der Waals surface area contributed by atoms with Gasteiger partial charge in [0, 0.05) is 6.42 Å². The zero-order valence-electron chi connectivity index (χ0n) is 16.1. The van der Waals surface area contributed by atoms with Crippen molar-refractivity contribution in [2.24, 2.45) is 19.2 Å². The number of fused-ring (bicyclic) bond motifs is 5. The van der Waals surface area contributed by atoms with Crippen LogP contribution in [0.25, 0.3) is 0 Å². The summed E-state index contributed by atoms with van der Waals surface area (Å²) in [6.45, 7) is 2.93. The van der Waals surface area contributed by atoms with Crippen molar-refractivity contribution in [3.63, 3.8) is 0 Å². The summed E-state index contributed by atoms with van der Waals surface area (Å²) >= 11 is 0. The number of quaternary nitrogens is 1. The minimum Gasteiger partial charge on any atom is -0.232 e. The number of rotatable bonds is 4. The predicted octanol–water partition coefficient (Wildman–Crippen LogP) is -0.323. The smallest absolute Gasteiger partial charge is 0.232 e. The zero-order valence-corrected chi connectivity index (χ0v) is 16.9. The largest absolute Gasteiger partial charge is 0.380 e. The van der Waals surface area contributed by atoms with Gasteiger partial charge < -0.3 is 0 Å². The van der Waals surface area contributed by atoms with Gasteiger partial charge in [0.2, 0.25) is 10.0 Å². The molecule has 0 aliphatic carbocycles. The maximum atomic E-state index is 11.5. The van der Waals surface area contributed by atoms with E-state index >= 15 is 0 Å². The number of primary sulfonamides is 1. The van der Waals surface area contributed by atoms with E-state index < -0.39 is 10.0 Å². The maximum Gasteiger partial charge on any atom is 0.380 e. The van der Waals surface area contributed by atoms with Gasteiger partial charge in [-0.15, -0.1) is 9.13 Å². The number of hydrogen-bond acceptors (Lipinski definition) is 2. The molecule has 5 rings (SSSR count). The summed E-state index contributed by atoms with van der Waals surface area (Å²) in [5.74, 6) is 2.66. The van der Waals surface area contributed by atoms with Crippen LogP contribution in [-0.2, 0) is 43.6 Å². The molecule has 0 radical (unpaired) electrons. The third-order valence-corrected chi connectivity index (χ3v) is 7.24. The normalized spacial score (nSPS) is 22.9. The minimum atomic E-state index is -3.65. The fourth-order valence-electron chi connectivity index (χ4n) is 4.77. The van der Waals surface area contributed by atoms with Gasteiger partial charge in [0.05, 0.1) is 25.5 Å². The van der Waals surface area contributed by atoms with Crippen LogP contribution in [0.2, 0.25) is 0 Å². The van der Waals surface area contributed by atoms with Crippen LogP contribution < -0.4 is 14.3 Å². The topological polar surface area (TPSA) is 77.8 Å². The molecule has 0 bridgehead atoms. The fourth-order valence-corrected chi connectivity index (χ4v) is 5.29. The molecule has 2 aliphatic heterocycles. The summed E-state index contributed by atoms with van der Waals surface area (Å²) in [4.78, 5) is 0.162. The summed E-state index contributed by atoms with van der Waals surface area (Å²) in [6, 6.07) is 6.95. The molecule has 0 atom stereocenters. The lowest BCUT2D eigenvalue weighted by Crippen LogP contribution is -2.47. The SMILES string of the molecule is C[n+]1ccn2c1C[N+]1(CCc3ccc(S(N)(=O)=O)cc3)Cc3n(cc[n+]3C)C21. The summed E-state index contributed by atoms with van der Waals surface area (Å²) in [5.41, 5.74) is 1.13.